The van der Waals surface area contributed by atoms with Crippen molar-refractivity contribution >= 4 is 29.6 Å². The fourth-order valence-corrected chi connectivity index (χ4v) is 4.04. The fourth-order valence-electron chi connectivity index (χ4n) is 4.04. The van der Waals surface area contributed by atoms with E-state index in [2.05, 4.69) is 21.3 Å². The molecule has 0 spiro atoms. The third-order valence-electron chi connectivity index (χ3n) is 6.86. The van der Waals surface area contributed by atoms with E-state index in [-0.39, 0.29) is 35.8 Å². The molecule has 0 aliphatic rings. The Morgan fingerprint density at radius 3 is 1.95 bits per heavy atom. The highest BCUT2D eigenvalue weighted by atomic mass is 16.4. The number of carboxylic acids is 1. The molecule has 5 atom stereocenters. The van der Waals surface area contributed by atoms with E-state index in [1.807, 2.05) is 6.92 Å². The second-order valence-corrected chi connectivity index (χ2v) is 10.4. The first-order chi connectivity index (χ1) is 19.3. The topological polar surface area (TPSA) is 220 Å². The SMILES string of the molecule is CC[C@H](NC(=O)[C@@H](NC(=O)[C@@H](NC(=O)[C@H](CCCCN)NC(=O)c1cc(O)ccc1O)C(C)C)[C@@H](C)CC)C(=O)O. The molecule has 1 aromatic carbocycles. The summed E-state index contributed by atoms with van der Waals surface area (Å²) < 4.78 is 0. The first-order valence-electron chi connectivity index (χ1n) is 13.9. The molecule has 9 N–H and O–H groups in total. The highest BCUT2D eigenvalue weighted by Crippen LogP contribution is 2.22. The summed E-state index contributed by atoms with van der Waals surface area (Å²) in [5, 5.41) is 39.4. The Morgan fingerprint density at radius 1 is 0.805 bits per heavy atom. The quantitative estimate of drug-likeness (QED) is 0.0972. The third kappa shape index (κ3) is 10.9. The van der Waals surface area contributed by atoms with Crippen LogP contribution in [0.15, 0.2) is 18.2 Å². The number of aromatic hydroxyl groups is 2. The van der Waals surface area contributed by atoms with E-state index in [1.165, 1.54) is 6.07 Å². The molecule has 0 radical (unpaired) electrons. The number of rotatable bonds is 17. The van der Waals surface area contributed by atoms with Gasteiger partial charge in [-0.2, -0.15) is 0 Å². The predicted octanol–water partition coefficient (Wildman–Crippen LogP) is 0.976. The molecule has 13 heteroatoms. The molecule has 0 aliphatic heterocycles. The number of aliphatic carboxylic acids is 1. The second kappa shape index (κ2) is 17.1. The number of nitrogens with two attached hydrogens (primary N) is 1. The molecular weight excluding hydrogens is 534 g/mol. The van der Waals surface area contributed by atoms with Gasteiger partial charge in [0.05, 0.1) is 5.56 Å². The number of carbonyl (C=O) groups excluding carboxylic acids is 4. The Balaban J connectivity index is 3.15. The van der Waals surface area contributed by atoms with Gasteiger partial charge in [0.1, 0.15) is 35.7 Å². The number of carboxylic acid groups (broad SMARTS) is 1. The van der Waals surface area contributed by atoms with Crippen molar-refractivity contribution in [3.05, 3.63) is 23.8 Å². The van der Waals surface area contributed by atoms with Gasteiger partial charge in [0.2, 0.25) is 17.7 Å². The minimum Gasteiger partial charge on any atom is -0.508 e. The lowest BCUT2D eigenvalue weighted by atomic mass is 9.96. The van der Waals surface area contributed by atoms with Crippen molar-refractivity contribution in [3.63, 3.8) is 0 Å². The van der Waals surface area contributed by atoms with Crippen molar-refractivity contribution in [2.75, 3.05) is 6.54 Å². The third-order valence-corrected chi connectivity index (χ3v) is 6.86. The van der Waals surface area contributed by atoms with Gasteiger partial charge in [-0.25, -0.2) is 4.79 Å². The zero-order valence-electron chi connectivity index (χ0n) is 24.4. The molecular formula is C28H45N5O8. The van der Waals surface area contributed by atoms with Crippen LogP contribution < -0.4 is 27.0 Å². The molecule has 4 amide bonds. The van der Waals surface area contributed by atoms with Crippen LogP contribution in [0.3, 0.4) is 0 Å². The second-order valence-electron chi connectivity index (χ2n) is 10.4. The number of phenolic OH excluding ortho intramolecular Hbond substituents is 2. The van der Waals surface area contributed by atoms with Crippen LogP contribution in [0.1, 0.15) is 77.1 Å². The molecule has 41 heavy (non-hydrogen) atoms. The zero-order valence-corrected chi connectivity index (χ0v) is 24.4. The largest absolute Gasteiger partial charge is 0.508 e. The van der Waals surface area contributed by atoms with Gasteiger partial charge < -0.3 is 42.3 Å². The summed E-state index contributed by atoms with van der Waals surface area (Å²) in [4.78, 5) is 63.9. The fraction of sp³-hybridized carbons (Fsp3) is 0.607. The monoisotopic (exact) mass is 579 g/mol. The molecule has 0 bridgehead atoms. The van der Waals surface area contributed by atoms with E-state index in [1.54, 1.807) is 27.7 Å². The molecule has 0 saturated heterocycles. The summed E-state index contributed by atoms with van der Waals surface area (Å²) in [5.41, 5.74) is 5.35. The van der Waals surface area contributed by atoms with Crippen LogP contribution in [-0.4, -0.2) is 75.6 Å². The number of carbonyl (C=O) groups is 5. The number of hydrogen-bond donors (Lipinski definition) is 8. The number of nitrogens with one attached hydrogen (secondary N) is 4. The zero-order chi connectivity index (χ0) is 31.3. The minimum atomic E-state index is -1.19. The summed E-state index contributed by atoms with van der Waals surface area (Å²) in [7, 11) is 0. The molecule has 1 rings (SSSR count). The first kappa shape index (κ1) is 35.2. The number of amides is 4. The van der Waals surface area contributed by atoms with Crippen molar-refractivity contribution in [1.29, 1.82) is 0 Å². The van der Waals surface area contributed by atoms with Crippen LogP contribution in [0.5, 0.6) is 11.5 Å². The number of benzene rings is 1. The smallest absolute Gasteiger partial charge is 0.326 e. The normalized spacial score (nSPS) is 14.7. The highest BCUT2D eigenvalue weighted by Gasteiger charge is 2.34. The Hall–Kier alpha value is -3.87. The van der Waals surface area contributed by atoms with E-state index in [0.717, 1.165) is 12.1 Å². The van der Waals surface area contributed by atoms with Crippen LogP contribution in [0.25, 0.3) is 0 Å². The van der Waals surface area contributed by atoms with E-state index >= 15 is 0 Å². The lowest BCUT2D eigenvalue weighted by molar-refractivity contribution is -0.142. The molecule has 230 valence electrons. The average Bonchev–Trinajstić information content (AvgIpc) is 2.92. The molecule has 0 saturated carbocycles. The maximum atomic E-state index is 13.4. The molecule has 13 nitrogen and oxygen atoms in total. The van der Waals surface area contributed by atoms with Crippen LogP contribution in [0.4, 0.5) is 0 Å². The Bertz CT molecular complexity index is 1060. The number of hydrogen-bond acceptors (Lipinski definition) is 8. The van der Waals surface area contributed by atoms with Gasteiger partial charge in [0.25, 0.3) is 5.91 Å². The van der Waals surface area contributed by atoms with E-state index in [4.69, 9.17) is 5.73 Å². The van der Waals surface area contributed by atoms with Gasteiger partial charge >= 0.3 is 5.97 Å². The molecule has 0 fully saturated rings. The van der Waals surface area contributed by atoms with Crippen molar-refractivity contribution in [3.8, 4) is 11.5 Å². The van der Waals surface area contributed by atoms with Gasteiger partial charge in [0.15, 0.2) is 0 Å². The first-order valence-corrected chi connectivity index (χ1v) is 13.9. The van der Waals surface area contributed by atoms with Crippen molar-refractivity contribution < 1.29 is 39.3 Å². The highest BCUT2D eigenvalue weighted by molar-refractivity contribution is 6.00. The van der Waals surface area contributed by atoms with Gasteiger partial charge in [-0.15, -0.1) is 0 Å². The number of phenols is 2. The Labute approximate surface area is 240 Å². The van der Waals surface area contributed by atoms with Gasteiger partial charge in [-0.1, -0.05) is 41.0 Å². The Morgan fingerprint density at radius 2 is 1.41 bits per heavy atom. The molecule has 0 heterocycles. The summed E-state index contributed by atoms with van der Waals surface area (Å²) >= 11 is 0. The Kier molecular flexibility index (Phi) is 14.6. The van der Waals surface area contributed by atoms with Crippen LogP contribution in [0, 0.1) is 11.8 Å². The van der Waals surface area contributed by atoms with Crippen LogP contribution in [-0.2, 0) is 19.2 Å². The summed E-state index contributed by atoms with van der Waals surface area (Å²) in [6, 6.07) is -0.928. The predicted molar refractivity (Wildman–Crippen MR) is 152 cm³/mol. The lowest BCUT2D eigenvalue weighted by Crippen LogP contribution is -2.60. The van der Waals surface area contributed by atoms with Gasteiger partial charge in [-0.05, 0) is 62.3 Å². The summed E-state index contributed by atoms with van der Waals surface area (Å²) in [6.07, 6.45) is 1.92. The van der Waals surface area contributed by atoms with Gasteiger partial charge in [-0.3, -0.25) is 19.2 Å². The van der Waals surface area contributed by atoms with Crippen molar-refractivity contribution in [1.82, 2.24) is 21.3 Å². The summed E-state index contributed by atoms with van der Waals surface area (Å²) in [5.74, 6) is -5.33. The van der Waals surface area contributed by atoms with Gasteiger partial charge in [0, 0.05) is 0 Å². The van der Waals surface area contributed by atoms with E-state index in [9.17, 15) is 39.3 Å². The van der Waals surface area contributed by atoms with E-state index in [0.29, 0.717) is 25.8 Å². The standard InChI is InChI=1S/C28H45N5O8/c1-6-16(5)23(27(39)30-19(7-2)28(40)41)33-26(38)22(15(3)4)32-25(37)20(10-8-9-13-29)31-24(36)18-14-17(34)11-12-21(18)35/h11-12,14-16,19-20,22-23,34-35H,6-10,13,29H2,1-5H3,(H,30,39)(H,31,36)(H,32,37)(H,33,38)(H,40,41)/t16-,19-,20-,22-,23-/m0/s1. The van der Waals surface area contributed by atoms with Crippen LogP contribution >= 0.6 is 0 Å². The van der Waals surface area contributed by atoms with E-state index < -0.39 is 59.7 Å². The molecule has 1 aromatic rings. The van der Waals surface area contributed by atoms with Crippen molar-refractivity contribution in [2.45, 2.75) is 90.9 Å². The lowest BCUT2D eigenvalue weighted by Gasteiger charge is -2.29. The molecule has 0 unspecified atom stereocenters. The summed E-state index contributed by atoms with van der Waals surface area (Å²) in [6.45, 7) is 8.96. The van der Waals surface area contributed by atoms with Crippen molar-refractivity contribution in [2.24, 2.45) is 17.6 Å². The minimum absolute atomic E-state index is 0.157. The number of unbranched alkanes of at least 4 members (excludes halogenated alkanes) is 1. The molecule has 0 aromatic heterocycles. The maximum absolute atomic E-state index is 13.4. The molecule has 0 aliphatic carbocycles. The average molecular weight is 580 g/mol. The van der Waals surface area contributed by atoms with Crippen LogP contribution in [0.2, 0.25) is 0 Å². The maximum Gasteiger partial charge on any atom is 0.326 e.